The van der Waals surface area contributed by atoms with Crippen LogP contribution in [0, 0.1) is 0 Å². The molecule has 5 nitrogen and oxygen atoms in total. The molecule has 0 bridgehead atoms. The normalized spacial score (nSPS) is 24.2. The zero-order valence-electron chi connectivity index (χ0n) is 11.1. The number of hydrogen-bond donors (Lipinski definition) is 2. The lowest BCUT2D eigenvalue weighted by atomic mass is 10.00. The first-order chi connectivity index (χ1) is 8.99. The van der Waals surface area contributed by atoms with E-state index < -0.39 is 5.97 Å². The van der Waals surface area contributed by atoms with Crippen molar-refractivity contribution in [3.8, 4) is 0 Å². The molecule has 0 radical (unpaired) electrons. The zero-order chi connectivity index (χ0) is 14.0. The van der Waals surface area contributed by atoms with Crippen LogP contribution in [0.3, 0.4) is 0 Å². The van der Waals surface area contributed by atoms with Crippen molar-refractivity contribution >= 4 is 23.4 Å². The van der Waals surface area contributed by atoms with Crippen molar-refractivity contribution in [3.05, 3.63) is 22.8 Å². The summed E-state index contributed by atoms with van der Waals surface area (Å²) in [6.07, 6.45) is 4.83. The predicted molar refractivity (Wildman–Crippen MR) is 74.4 cm³/mol. The molecule has 2 unspecified atom stereocenters. The van der Waals surface area contributed by atoms with Crippen molar-refractivity contribution in [1.82, 2.24) is 9.99 Å². The number of carboxylic acids is 1. The monoisotopic (exact) mass is 283 g/mol. The molecule has 0 aliphatic carbocycles. The largest absolute Gasteiger partial charge is 0.478 e. The van der Waals surface area contributed by atoms with Gasteiger partial charge in [-0.05, 0) is 32.8 Å². The van der Waals surface area contributed by atoms with Gasteiger partial charge >= 0.3 is 5.97 Å². The molecule has 1 aromatic rings. The van der Waals surface area contributed by atoms with Crippen LogP contribution in [0.4, 0.5) is 5.82 Å². The lowest BCUT2D eigenvalue weighted by Crippen LogP contribution is -2.47. The van der Waals surface area contributed by atoms with Gasteiger partial charge in [0.25, 0.3) is 0 Å². The quantitative estimate of drug-likeness (QED) is 0.893. The van der Waals surface area contributed by atoms with Gasteiger partial charge in [0.05, 0.1) is 10.6 Å². The van der Waals surface area contributed by atoms with E-state index in [9.17, 15) is 4.79 Å². The van der Waals surface area contributed by atoms with Crippen molar-refractivity contribution in [1.29, 1.82) is 0 Å². The highest BCUT2D eigenvalue weighted by Crippen LogP contribution is 2.24. The Hall–Kier alpha value is -1.33. The third-order valence-electron chi connectivity index (χ3n) is 3.52. The molecule has 1 fully saturated rings. The van der Waals surface area contributed by atoms with E-state index in [0.717, 1.165) is 12.8 Å². The Kier molecular flexibility index (Phi) is 4.27. The molecule has 2 N–H and O–H groups in total. The van der Waals surface area contributed by atoms with Gasteiger partial charge in [0, 0.05) is 18.3 Å². The van der Waals surface area contributed by atoms with Crippen molar-refractivity contribution in [2.75, 3.05) is 5.43 Å². The summed E-state index contributed by atoms with van der Waals surface area (Å²) in [7, 11) is 0. The number of piperidine rings is 1. The van der Waals surface area contributed by atoms with E-state index in [1.54, 1.807) is 0 Å². The van der Waals surface area contributed by atoms with Gasteiger partial charge in [-0.3, -0.25) is 0 Å². The van der Waals surface area contributed by atoms with Gasteiger partial charge < -0.3 is 10.5 Å². The van der Waals surface area contributed by atoms with Crippen LogP contribution in [0.25, 0.3) is 0 Å². The second kappa shape index (κ2) is 5.75. The van der Waals surface area contributed by atoms with E-state index in [1.165, 1.54) is 18.7 Å². The van der Waals surface area contributed by atoms with E-state index >= 15 is 0 Å². The highest BCUT2D eigenvalue weighted by Gasteiger charge is 2.25. The summed E-state index contributed by atoms with van der Waals surface area (Å²) in [4.78, 5) is 15.2. The first-order valence-corrected chi connectivity index (χ1v) is 6.80. The highest BCUT2D eigenvalue weighted by atomic mass is 35.5. The molecule has 2 atom stereocenters. The van der Waals surface area contributed by atoms with Gasteiger partial charge in [-0.1, -0.05) is 18.0 Å². The molecule has 104 valence electrons. The summed E-state index contributed by atoms with van der Waals surface area (Å²) in [6, 6.07) is 2.27. The number of hydrogen-bond acceptors (Lipinski definition) is 4. The summed E-state index contributed by atoms with van der Waals surface area (Å²) < 4.78 is 0. The van der Waals surface area contributed by atoms with E-state index in [2.05, 4.69) is 29.3 Å². The average Bonchev–Trinajstić information content (AvgIpc) is 2.35. The van der Waals surface area contributed by atoms with Crippen molar-refractivity contribution in [2.45, 2.75) is 45.2 Å². The molecule has 1 aliphatic rings. The fourth-order valence-electron chi connectivity index (χ4n) is 2.44. The topological polar surface area (TPSA) is 65.5 Å². The van der Waals surface area contributed by atoms with E-state index in [0.29, 0.717) is 17.9 Å². The maximum absolute atomic E-state index is 11.0. The Bertz CT molecular complexity index is 471. The number of nitrogens with one attached hydrogen (secondary N) is 1. The minimum atomic E-state index is -1.05. The first-order valence-electron chi connectivity index (χ1n) is 6.43. The number of carboxylic acid groups (broad SMARTS) is 1. The minimum absolute atomic E-state index is 0.0662. The Morgan fingerprint density at radius 2 is 2.11 bits per heavy atom. The van der Waals surface area contributed by atoms with E-state index in [1.807, 2.05) is 0 Å². The van der Waals surface area contributed by atoms with Crippen molar-refractivity contribution in [3.63, 3.8) is 0 Å². The van der Waals surface area contributed by atoms with Gasteiger partial charge in [0.2, 0.25) is 0 Å². The van der Waals surface area contributed by atoms with Crippen LogP contribution in [0.2, 0.25) is 5.02 Å². The smallest absolute Gasteiger partial charge is 0.337 e. The Labute approximate surface area is 117 Å². The minimum Gasteiger partial charge on any atom is -0.478 e. The van der Waals surface area contributed by atoms with Crippen molar-refractivity contribution in [2.24, 2.45) is 0 Å². The first kappa shape index (κ1) is 14.1. The fraction of sp³-hybridized carbons (Fsp3) is 0.538. The molecular weight excluding hydrogens is 266 g/mol. The van der Waals surface area contributed by atoms with Gasteiger partial charge in [0.1, 0.15) is 5.82 Å². The number of aromatic carboxylic acids is 1. The molecule has 2 heterocycles. The molecule has 19 heavy (non-hydrogen) atoms. The van der Waals surface area contributed by atoms with Crippen LogP contribution in [-0.2, 0) is 0 Å². The number of halogens is 1. The summed E-state index contributed by atoms with van der Waals surface area (Å²) in [5, 5.41) is 11.3. The van der Waals surface area contributed by atoms with Crippen LogP contribution in [0.1, 0.15) is 43.5 Å². The Morgan fingerprint density at radius 1 is 1.47 bits per heavy atom. The molecule has 2 rings (SSSR count). The highest BCUT2D eigenvalue weighted by molar-refractivity contribution is 6.33. The molecular formula is C13H18ClN3O2. The van der Waals surface area contributed by atoms with Crippen LogP contribution in [0.15, 0.2) is 12.3 Å². The summed E-state index contributed by atoms with van der Waals surface area (Å²) in [6.45, 7) is 4.30. The van der Waals surface area contributed by atoms with Gasteiger partial charge in [-0.2, -0.15) is 0 Å². The molecule has 0 spiro atoms. The average molecular weight is 284 g/mol. The second-order valence-corrected chi connectivity index (χ2v) is 5.41. The van der Waals surface area contributed by atoms with Crippen molar-refractivity contribution < 1.29 is 9.90 Å². The lowest BCUT2D eigenvalue weighted by Gasteiger charge is -2.39. The Morgan fingerprint density at radius 3 is 2.68 bits per heavy atom. The van der Waals surface area contributed by atoms with Crippen LogP contribution >= 0.6 is 11.6 Å². The van der Waals surface area contributed by atoms with Crippen LogP contribution in [-0.4, -0.2) is 33.2 Å². The molecule has 1 aliphatic heterocycles. The third kappa shape index (κ3) is 3.16. The number of nitrogens with zero attached hydrogens (tertiary/aromatic N) is 2. The van der Waals surface area contributed by atoms with Gasteiger partial charge in [0.15, 0.2) is 0 Å². The number of carbonyl (C=O) groups is 1. The lowest BCUT2D eigenvalue weighted by molar-refractivity contribution is 0.0697. The standard InChI is InChI=1S/C13H18ClN3O2/c1-8-4-3-5-9(2)17(8)16-12-6-10(13(18)19)11(14)7-15-12/h6-9H,3-5H2,1-2H3,(H,15,16)(H,18,19). The van der Waals surface area contributed by atoms with Gasteiger partial charge in [-0.15, -0.1) is 0 Å². The summed E-state index contributed by atoms with van der Waals surface area (Å²) in [5.41, 5.74) is 3.27. The molecule has 0 amide bonds. The van der Waals surface area contributed by atoms with E-state index in [4.69, 9.17) is 16.7 Å². The van der Waals surface area contributed by atoms with Gasteiger partial charge in [-0.25, -0.2) is 14.8 Å². The van der Waals surface area contributed by atoms with Crippen LogP contribution < -0.4 is 5.43 Å². The maximum atomic E-state index is 11.0. The summed E-state index contributed by atoms with van der Waals surface area (Å²) in [5.74, 6) is -0.530. The number of pyridine rings is 1. The van der Waals surface area contributed by atoms with Crippen LogP contribution in [0.5, 0.6) is 0 Å². The van der Waals surface area contributed by atoms with E-state index in [-0.39, 0.29) is 10.6 Å². The molecule has 1 saturated heterocycles. The number of rotatable bonds is 3. The third-order valence-corrected chi connectivity index (χ3v) is 3.82. The zero-order valence-corrected chi connectivity index (χ0v) is 11.8. The molecule has 0 saturated carbocycles. The second-order valence-electron chi connectivity index (χ2n) is 5.00. The SMILES string of the molecule is CC1CCCC(C)N1Nc1cc(C(=O)O)c(Cl)cn1. The maximum Gasteiger partial charge on any atom is 0.337 e. The fourth-order valence-corrected chi connectivity index (χ4v) is 2.62. The summed E-state index contributed by atoms with van der Waals surface area (Å²) >= 11 is 5.81. The predicted octanol–water partition coefficient (Wildman–Crippen LogP) is 3.02. The number of aromatic nitrogens is 1. The Balaban J connectivity index is 2.18. The number of hydrazine groups is 1. The molecule has 1 aromatic heterocycles. The molecule has 6 heteroatoms. The molecule has 0 aromatic carbocycles. The number of anilines is 1.